The molecule has 108 valence electrons. The Hall–Kier alpha value is -0.610. The summed E-state index contributed by atoms with van der Waals surface area (Å²) >= 11 is 0. The number of carboxylic acids is 1. The van der Waals surface area contributed by atoms with Crippen molar-refractivity contribution in [3.63, 3.8) is 0 Å². The highest BCUT2D eigenvalue weighted by molar-refractivity contribution is 5.78. The van der Waals surface area contributed by atoms with E-state index in [0.717, 1.165) is 51.9 Å². The number of carboxylic acid groups (broad SMARTS) is 1. The minimum Gasteiger partial charge on any atom is -0.480 e. The van der Waals surface area contributed by atoms with E-state index in [4.69, 9.17) is 4.74 Å². The molecule has 0 spiro atoms. The zero-order valence-corrected chi connectivity index (χ0v) is 12.1. The van der Waals surface area contributed by atoms with Crippen molar-refractivity contribution in [1.29, 1.82) is 0 Å². The SMILES string of the molecule is CCCCOCCCCC(C)(NCCC)C(=O)O. The maximum Gasteiger partial charge on any atom is 0.323 e. The second kappa shape index (κ2) is 10.3. The smallest absolute Gasteiger partial charge is 0.323 e. The second-order valence-electron chi connectivity index (χ2n) is 4.99. The summed E-state index contributed by atoms with van der Waals surface area (Å²) < 4.78 is 5.46. The van der Waals surface area contributed by atoms with E-state index in [2.05, 4.69) is 12.2 Å². The van der Waals surface area contributed by atoms with Crippen LogP contribution in [0.5, 0.6) is 0 Å². The van der Waals surface area contributed by atoms with Crippen LogP contribution in [0.2, 0.25) is 0 Å². The van der Waals surface area contributed by atoms with Gasteiger partial charge in [0.15, 0.2) is 0 Å². The number of hydrogen-bond acceptors (Lipinski definition) is 3. The first-order valence-corrected chi connectivity index (χ1v) is 7.13. The van der Waals surface area contributed by atoms with Gasteiger partial charge in [0, 0.05) is 13.2 Å². The van der Waals surface area contributed by atoms with Gasteiger partial charge in [0.1, 0.15) is 5.54 Å². The van der Waals surface area contributed by atoms with Gasteiger partial charge in [-0.15, -0.1) is 0 Å². The summed E-state index contributed by atoms with van der Waals surface area (Å²) in [6, 6.07) is 0. The van der Waals surface area contributed by atoms with Crippen molar-refractivity contribution in [2.45, 2.75) is 64.8 Å². The van der Waals surface area contributed by atoms with Gasteiger partial charge in [-0.3, -0.25) is 4.79 Å². The first-order chi connectivity index (χ1) is 8.56. The number of ether oxygens (including phenoxy) is 1. The molecule has 0 rings (SSSR count). The minimum atomic E-state index is -0.792. The molecule has 0 bridgehead atoms. The van der Waals surface area contributed by atoms with E-state index in [1.54, 1.807) is 6.92 Å². The van der Waals surface area contributed by atoms with Crippen molar-refractivity contribution in [3.8, 4) is 0 Å². The molecule has 0 fully saturated rings. The lowest BCUT2D eigenvalue weighted by molar-refractivity contribution is -0.144. The minimum absolute atomic E-state index is 0.652. The number of nitrogens with one attached hydrogen (secondary N) is 1. The lowest BCUT2D eigenvalue weighted by Crippen LogP contribution is -2.49. The summed E-state index contributed by atoms with van der Waals surface area (Å²) in [6.07, 6.45) is 5.66. The molecule has 0 radical (unpaired) electrons. The maximum atomic E-state index is 11.2. The molecule has 0 aromatic carbocycles. The van der Waals surface area contributed by atoms with E-state index in [0.29, 0.717) is 6.42 Å². The summed E-state index contributed by atoms with van der Waals surface area (Å²) in [5.41, 5.74) is -0.792. The van der Waals surface area contributed by atoms with E-state index in [9.17, 15) is 9.90 Å². The fraction of sp³-hybridized carbons (Fsp3) is 0.929. The van der Waals surface area contributed by atoms with Crippen LogP contribution >= 0.6 is 0 Å². The molecule has 0 amide bonds. The maximum absolute atomic E-state index is 11.2. The summed E-state index contributed by atoms with van der Waals surface area (Å²) in [5.74, 6) is -0.761. The standard InChI is InChI=1S/C14H29NO3/c1-4-6-11-18-12-8-7-9-14(3,13(16)17)15-10-5-2/h15H,4-12H2,1-3H3,(H,16,17). The van der Waals surface area contributed by atoms with Crippen LogP contribution in [0.25, 0.3) is 0 Å². The number of rotatable bonds is 12. The van der Waals surface area contributed by atoms with Crippen LogP contribution in [0.15, 0.2) is 0 Å². The van der Waals surface area contributed by atoms with Crippen LogP contribution in [0.3, 0.4) is 0 Å². The average Bonchev–Trinajstić information content (AvgIpc) is 2.35. The Morgan fingerprint density at radius 3 is 2.39 bits per heavy atom. The molecule has 0 saturated carbocycles. The van der Waals surface area contributed by atoms with Crippen molar-refractivity contribution < 1.29 is 14.6 Å². The third kappa shape index (κ3) is 7.67. The van der Waals surface area contributed by atoms with Crippen molar-refractivity contribution in [3.05, 3.63) is 0 Å². The van der Waals surface area contributed by atoms with E-state index in [1.807, 2.05) is 6.92 Å². The summed E-state index contributed by atoms with van der Waals surface area (Å²) in [5, 5.41) is 12.4. The number of carbonyl (C=O) groups is 1. The van der Waals surface area contributed by atoms with Crippen molar-refractivity contribution in [1.82, 2.24) is 5.32 Å². The van der Waals surface area contributed by atoms with Gasteiger partial charge < -0.3 is 15.2 Å². The molecular weight excluding hydrogens is 230 g/mol. The Bertz CT molecular complexity index is 221. The van der Waals surface area contributed by atoms with Crippen molar-refractivity contribution >= 4 is 5.97 Å². The molecule has 1 unspecified atom stereocenters. The predicted octanol–water partition coefficient (Wildman–Crippen LogP) is 2.82. The molecule has 0 aromatic heterocycles. The molecule has 2 N–H and O–H groups in total. The van der Waals surface area contributed by atoms with Crippen LogP contribution in [0.1, 0.15) is 59.3 Å². The highest BCUT2D eigenvalue weighted by Gasteiger charge is 2.31. The van der Waals surface area contributed by atoms with Crippen LogP contribution in [0.4, 0.5) is 0 Å². The fourth-order valence-corrected chi connectivity index (χ4v) is 1.70. The van der Waals surface area contributed by atoms with Crippen LogP contribution in [0, 0.1) is 0 Å². The summed E-state index contributed by atoms with van der Waals surface area (Å²) in [4.78, 5) is 11.2. The van der Waals surface area contributed by atoms with Gasteiger partial charge in [0.2, 0.25) is 0 Å². The first kappa shape index (κ1) is 17.4. The molecule has 0 saturated heterocycles. The molecule has 0 heterocycles. The van der Waals surface area contributed by atoms with Gasteiger partial charge in [0.05, 0.1) is 0 Å². The van der Waals surface area contributed by atoms with Gasteiger partial charge in [-0.2, -0.15) is 0 Å². The van der Waals surface area contributed by atoms with E-state index < -0.39 is 11.5 Å². The Morgan fingerprint density at radius 1 is 1.17 bits per heavy atom. The first-order valence-electron chi connectivity index (χ1n) is 7.13. The number of hydrogen-bond donors (Lipinski definition) is 2. The van der Waals surface area contributed by atoms with Crippen LogP contribution < -0.4 is 5.32 Å². The zero-order valence-electron chi connectivity index (χ0n) is 12.1. The van der Waals surface area contributed by atoms with Crippen molar-refractivity contribution in [2.24, 2.45) is 0 Å². The topological polar surface area (TPSA) is 58.6 Å². The molecule has 0 aliphatic rings. The quantitative estimate of drug-likeness (QED) is 0.529. The normalized spacial score (nSPS) is 14.4. The molecule has 0 aliphatic heterocycles. The molecular formula is C14H29NO3. The third-order valence-corrected chi connectivity index (χ3v) is 3.09. The third-order valence-electron chi connectivity index (χ3n) is 3.09. The largest absolute Gasteiger partial charge is 0.480 e. The lowest BCUT2D eigenvalue weighted by atomic mass is 9.95. The van der Waals surface area contributed by atoms with Gasteiger partial charge in [-0.05, 0) is 45.6 Å². The molecule has 0 aromatic rings. The van der Waals surface area contributed by atoms with Gasteiger partial charge in [-0.25, -0.2) is 0 Å². The number of unbranched alkanes of at least 4 members (excludes halogenated alkanes) is 2. The van der Waals surface area contributed by atoms with E-state index >= 15 is 0 Å². The van der Waals surface area contributed by atoms with Gasteiger partial charge in [-0.1, -0.05) is 20.3 Å². The predicted molar refractivity (Wildman–Crippen MR) is 73.9 cm³/mol. The highest BCUT2D eigenvalue weighted by atomic mass is 16.5. The average molecular weight is 259 g/mol. The second-order valence-corrected chi connectivity index (χ2v) is 4.99. The van der Waals surface area contributed by atoms with Crippen molar-refractivity contribution in [2.75, 3.05) is 19.8 Å². The molecule has 18 heavy (non-hydrogen) atoms. The number of aliphatic carboxylic acids is 1. The zero-order chi connectivity index (χ0) is 13.9. The Morgan fingerprint density at radius 2 is 1.83 bits per heavy atom. The Kier molecular flexibility index (Phi) is 9.98. The fourth-order valence-electron chi connectivity index (χ4n) is 1.70. The molecule has 0 aliphatic carbocycles. The molecule has 4 heteroatoms. The summed E-state index contributed by atoms with van der Waals surface area (Å²) in [6.45, 7) is 8.25. The molecule has 4 nitrogen and oxygen atoms in total. The monoisotopic (exact) mass is 259 g/mol. The summed E-state index contributed by atoms with van der Waals surface area (Å²) in [7, 11) is 0. The molecule has 1 atom stereocenters. The lowest BCUT2D eigenvalue weighted by Gasteiger charge is -2.26. The van der Waals surface area contributed by atoms with E-state index in [-0.39, 0.29) is 0 Å². The Balaban J connectivity index is 3.73. The van der Waals surface area contributed by atoms with Gasteiger partial charge in [0.25, 0.3) is 0 Å². The van der Waals surface area contributed by atoms with E-state index in [1.165, 1.54) is 0 Å². The Labute approximate surface area is 111 Å². The van der Waals surface area contributed by atoms with Crippen LogP contribution in [-0.4, -0.2) is 36.4 Å². The van der Waals surface area contributed by atoms with Crippen LogP contribution in [-0.2, 0) is 9.53 Å². The highest BCUT2D eigenvalue weighted by Crippen LogP contribution is 2.14. The van der Waals surface area contributed by atoms with Gasteiger partial charge >= 0.3 is 5.97 Å².